The molecular formula is C23H27N7O. The number of aliphatic hydroxyl groups is 1. The van der Waals surface area contributed by atoms with Gasteiger partial charge in [0.15, 0.2) is 11.6 Å². The number of aromatic nitrogens is 7. The minimum atomic E-state index is -0.718. The minimum absolute atomic E-state index is 0.338. The van der Waals surface area contributed by atoms with Gasteiger partial charge in [0.25, 0.3) is 0 Å². The molecule has 2 fully saturated rings. The molecule has 3 aromatic heterocycles. The maximum Gasteiger partial charge on any atom is 0.162 e. The smallest absolute Gasteiger partial charge is 0.162 e. The zero-order valence-corrected chi connectivity index (χ0v) is 18.2. The maximum atomic E-state index is 10.2. The molecular weight excluding hydrogens is 390 g/mol. The highest BCUT2D eigenvalue weighted by Gasteiger charge is 2.45. The summed E-state index contributed by atoms with van der Waals surface area (Å²) in [5.74, 6) is 5.05. The molecule has 3 atom stereocenters. The number of hydrogen-bond donors (Lipinski definition) is 1. The lowest BCUT2D eigenvalue weighted by Gasteiger charge is -2.11. The molecule has 2 saturated carbocycles. The Morgan fingerprint density at radius 2 is 1.97 bits per heavy atom. The molecule has 8 heteroatoms. The predicted molar refractivity (Wildman–Crippen MR) is 115 cm³/mol. The molecule has 3 heterocycles. The highest BCUT2D eigenvalue weighted by Crippen LogP contribution is 2.54. The number of aliphatic hydroxyl groups excluding tert-OH is 1. The zero-order chi connectivity index (χ0) is 21.3. The molecule has 3 aromatic rings. The van der Waals surface area contributed by atoms with Gasteiger partial charge in [-0.3, -0.25) is 0 Å². The molecule has 0 saturated heterocycles. The predicted octanol–water partition coefficient (Wildman–Crippen LogP) is 3.26. The van der Waals surface area contributed by atoms with E-state index < -0.39 is 6.10 Å². The molecule has 3 aliphatic rings. The molecule has 0 amide bonds. The first-order valence-corrected chi connectivity index (χ1v) is 11.2. The number of imidazole rings is 1. The summed E-state index contributed by atoms with van der Waals surface area (Å²) in [7, 11) is 2.13. The van der Waals surface area contributed by atoms with Crippen molar-refractivity contribution < 1.29 is 5.11 Å². The van der Waals surface area contributed by atoms with E-state index in [1.807, 2.05) is 13.0 Å². The molecule has 1 N–H and O–H groups in total. The van der Waals surface area contributed by atoms with Crippen LogP contribution in [-0.4, -0.2) is 39.4 Å². The first-order valence-electron chi connectivity index (χ1n) is 11.2. The van der Waals surface area contributed by atoms with Crippen molar-refractivity contribution in [3.05, 3.63) is 52.5 Å². The van der Waals surface area contributed by atoms with Gasteiger partial charge in [-0.2, -0.15) is 4.68 Å². The number of nitrogens with zero attached hydrogens (tertiary/aromatic N) is 7. The number of aryl methyl sites for hydroxylation is 2. The summed E-state index contributed by atoms with van der Waals surface area (Å²) in [6.07, 6.45) is 9.12. The summed E-state index contributed by atoms with van der Waals surface area (Å²) in [4.78, 5) is 19.2. The Morgan fingerprint density at radius 3 is 2.71 bits per heavy atom. The SMILES string of the molecule is Cc1nc(C(C)O)n(-c2cc(C3CC3c3nc4c(n3C)C=CCC4)nc(C3CC3)n2)n1. The molecule has 31 heavy (non-hydrogen) atoms. The molecule has 3 unspecified atom stereocenters. The van der Waals surface area contributed by atoms with E-state index in [9.17, 15) is 5.11 Å². The average molecular weight is 418 g/mol. The molecule has 0 aromatic carbocycles. The fourth-order valence-electron chi connectivity index (χ4n) is 4.70. The van der Waals surface area contributed by atoms with Gasteiger partial charge in [0.1, 0.15) is 23.6 Å². The fourth-order valence-corrected chi connectivity index (χ4v) is 4.70. The van der Waals surface area contributed by atoms with Gasteiger partial charge < -0.3 is 9.67 Å². The van der Waals surface area contributed by atoms with Crippen LogP contribution in [0.1, 0.15) is 96.8 Å². The van der Waals surface area contributed by atoms with Crippen molar-refractivity contribution in [2.45, 2.75) is 69.8 Å². The quantitative estimate of drug-likeness (QED) is 0.685. The summed E-state index contributed by atoms with van der Waals surface area (Å²) < 4.78 is 3.94. The monoisotopic (exact) mass is 417 g/mol. The lowest BCUT2D eigenvalue weighted by atomic mass is 10.1. The topological polar surface area (TPSA) is 94.5 Å². The second-order valence-electron chi connectivity index (χ2n) is 9.14. The van der Waals surface area contributed by atoms with E-state index >= 15 is 0 Å². The van der Waals surface area contributed by atoms with Crippen molar-refractivity contribution in [3.8, 4) is 5.82 Å². The van der Waals surface area contributed by atoms with Crippen molar-refractivity contribution in [3.63, 3.8) is 0 Å². The van der Waals surface area contributed by atoms with Crippen LogP contribution in [0.5, 0.6) is 0 Å². The van der Waals surface area contributed by atoms with Crippen molar-refractivity contribution in [2.24, 2.45) is 7.05 Å². The molecule has 6 rings (SSSR count). The number of allylic oxidation sites excluding steroid dienone is 1. The van der Waals surface area contributed by atoms with Crippen LogP contribution >= 0.6 is 0 Å². The van der Waals surface area contributed by atoms with Gasteiger partial charge in [0.05, 0.1) is 17.1 Å². The molecule has 0 aliphatic heterocycles. The Hall–Kier alpha value is -2.87. The third-order valence-electron chi connectivity index (χ3n) is 6.60. The first kappa shape index (κ1) is 18.9. The zero-order valence-electron chi connectivity index (χ0n) is 18.2. The second-order valence-corrected chi connectivity index (χ2v) is 9.14. The summed E-state index contributed by atoms with van der Waals surface area (Å²) in [6.45, 7) is 3.54. The van der Waals surface area contributed by atoms with E-state index in [0.717, 1.165) is 49.4 Å². The van der Waals surface area contributed by atoms with Crippen molar-refractivity contribution in [1.82, 2.24) is 34.3 Å². The lowest BCUT2D eigenvalue weighted by Crippen LogP contribution is -2.11. The molecule has 0 bridgehead atoms. The molecule has 0 spiro atoms. The first-order chi connectivity index (χ1) is 15.0. The fraction of sp³-hybridized carbons (Fsp3) is 0.522. The largest absolute Gasteiger partial charge is 0.385 e. The Balaban J connectivity index is 1.38. The summed E-state index contributed by atoms with van der Waals surface area (Å²) in [5, 5.41) is 14.7. The van der Waals surface area contributed by atoms with Crippen LogP contribution in [0.4, 0.5) is 0 Å². The average Bonchev–Trinajstić information content (AvgIpc) is 3.68. The van der Waals surface area contributed by atoms with Crippen molar-refractivity contribution in [2.75, 3.05) is 0 Å². The molecule has 160 valence electrons. The van der Waals surface area contributed by atoms with E-state index in [2.05, 4.69) is 33.8 Å². The Labute approximate surface area is 181 Å². The van der Waals surface area contributed by atoms with Crippen LogP contribution in [-0.2, 0) is 13.5 Å². The Morgan fingerprint density at radius 1 is 1.13 bits per heavy atom. The van der Waals surface area contributed by atoms with Gasteiger partial charge in [-0.05, 0) is 52.0 Å². The van der Waals surface area contributed by atoms with Crippen LogP contribution in [0.15, 0.2) is 12.1 Å². The van der Waals surface area contributed by atoms with Crippen molar-refractivity contribution >= 4 is 6.08 Å². The Kier molecular flexibility index (Phi) is 4.15. The van der Waals surface area contributed by atoms with Crippen LogP contribution in [0, 0.1) is 6.92 Å². The summed E-state index contributed by atoms with van der Waals surface area (Å²) in [6, 6.07) is 2.03. The van der Waals surface area contributed by atoms with Gasteiger partial charge in [-0.1, -0.05) is 6.08 Å². The van der Waals surface area contributed by atoms with Gasteiger partial charge >= 0.3 is 0 Å². The van der Waals surface area contributed by atoms with E-state index in [-0.39, 0.29) is 0 Å². The maximum absolute atomic E-state index is 10.2. The Bertz CT molecular complexity index is 1200. The number of rotatable bonds is 5. The standard InChI is InChI=1S/C23H27N7O/c1-12(31)22-24-13(2)28-30(22)20-11-18(25-21(27-20)14-8-9-14)15-10-16(15)23-26-17-6-4-5-7-19(17)29(23)3/h5,7,11-12,14-16,31H,4,6,8-10H2,1-3H3. The highest BCUT2D eigenvalue weighted by atomic mass is 16.3. The lowest BCUT2D eigenvalue weighted by molar-refractivity contribution is 0.186. The van der Waals surface area contributed by atoms with E-state index in [0.29, 0.717) is 35.2 Å². The van der Waals surface area contributed by atoms with Gasteiger partial charge in [0.2, 0.25) is 0 Å². The van der Waals surface area contributed by atoms with Crippen LogP contribution in [0.2, 0.25) is 0 Å². The minimum Gasteiger partial charge on any atom is -0.385 e. The van der Waals surface area contributed by atoms with Crippen molar-refractivity contribution in [1.29, 1.82) is 0 Å². The molecule has 3 aliphatic carbocycles. The van der Waals surface area contributed by atoms with E-state index in [4.69, 9.17) is 15.0 Å². The van der Waals surface area contributed by atoms with Gasteiger partial charge in [0, 0.05) is 30.9 Å². The second kappa shape index (κ2) is 6.82. The van der Waals surface area contributed by atoms with Crippen LogP contribution in [0.3, 0.4) is 0 Å². The number of fused-ring (bicyclic) bond motifs is 1. The summed E-state index contributed by atoms with van der Waals surface area (Å²) >= 11 is 0. The van der Waals surface area contributed by atoms with E-state index in [1.54, 1.807) is 11.6 Å². The highest BCUT2D eigenvalue weighted by molar-refractivity contribution is 5.52. The third kappa shape index (κ3) is 3.20. The normalized spacial score (nSPS) is 23.1. The summed E-state index contributed by atoms with van der Waals surface area (Å²) in [5.41, 5.74) is 3.51. The molecule has 8 nitrogen and oxygen atoms in total. The van der Waals surface area contributed by atoms with Gasteiger partial charge in [-0.25, -0.2) is 19.9 Å². The van der Waals surface area contributed by atoms with Crippen LogP contribution in [0.25, 0.3) is 11.9 Å². The number of hydrogen-bond acceptors (Lipinski definition) is 6. The third-order valence-corrected chi connectivity index (χ3v) is 6.60. The molecule has 0 radical (unpaired) electrons. The van der Waals surface area contributed by atoms with E-state index in [1.165, 1.54) is 11.4 Å². The van der Waals surface area contributed by atoms with Gasteiger partial charge in [-0.15, -0.1) is 5.10 Å². The van der Waals surface area contributed by atoms with Crippen LogP contribution < -0.4 is 0 Å².